The quantitative estimate of drug-likeness (QED) is 0.260. The van der Waals surface area contributed by atoms with E-state index >= 15 is 8.78 Å². The topological polar surface area (TPSA) is 9.23 Å². The summed E-state index contributed by atoms with van der Waals surface area (Å²) in [6, 6.07) is 12.5. The maximum atomic E-state index is 15.0. The molecule has 0 saturated carbocycles. The summed E-state index contributed by atoms with van der Waals surface area (Å²) in [5, 5.41) is 0. The van der Waals surface area contributed by atoms with Gasteiger partial charge >= 0.3 is 0 Å². The van der Waals surface area contributed by atoms with E-state index < -0.39 is 29.4 Å². The zero-order chi connectivity index (χ0) is 24.2. The lowest BCUT2D eigenvalue weighted by Crippen LogP contribution is -2.21. The van der Waals surface area contributed by atoms with E-state index in [0.717, 1.165) is 19.3 Å². The first-order chi connectivity index (χ1) is 16.4. The number of hydrogen-bond acceptors (Lipinski definition) is 1. The second-order valence-electron chi connectivity index (χ2n) is 8.88. The Morgan fingerprint density at radius 1 is 0.794 bits per heavy atom. The fourth-order valence-electron chi connectivity index (χ4n) is 4.51. The standard InChI is InChI=1S/C29H28F4O/c1-3-4-5-6-19-8-16-25(34-17-19)24-15-14-23(28(32)29(24)33)21-11-9-20(10-12-21)22-13-7-18(2)26(30)27(22)31/h3-4,7,9-15,19,25H,5-6,8,16-17H2,1-2H3/b4-3+. The summed E-state index contributed by atoms with van der Waals surface area (Å²) >= 11 is 0. The Morgan fingerprint density at radius 3 is 2.00 bits per heavy atom. The van der Waals surface area contributed by atoms with Crippen LogP contribution in [-0.4, -0.2) is 6.61 Å². The van der Waals surface area contributed by atoms with Crippen LogP contribution in [0.5, 0.6) is 0 Å². The predicted molar refractivity (Wildman–Crippen MR) is 127 cm³/mol. The molecular formula is C29H28F4O. The van der Waals surface area contributed by atoms with Gasteiger partial charge in [0.05, 0.1) is 12.7 Å². The number of hydrogen-bond donors (Lipinski definition) is 0. The van der Waals surface area contributed by atoms with Gasteiger partial charge in [0.2, 0.25) is 0 Å². The van der Waals surface area contributed by atoms with E-state index in [0.29, 0.717) is 30.1 Å². The first kappa shape index (κ1) is 24.2. The molecule has 5 heteroatoms. The van der Waals surface area contributed by atoms with Crippen molar-refractivity contribution in [3.63, 3.8) is 0 Å². The number of allylic oxidation sites excluding steroid dienone is 2. The zero-order valence-corrected chi connectivity index (χ0v) is 19.4. The summed E-state index contributed by atoms with van der Waals surface area (Å²) in [6.07, 6.45) is 7.30. The highest BCUT2D eigenvalue weighted by atomic mass is 19.2. The molecular weight excluding hydrogens is 440 g/mol. The predicted octanol–water partition coefficient (Wildman–Crippen LogP) is 8.71. The molecule has 0 spiro atoms. The van der Waals surface area contributed by atoms with Crippen LogP contribution in [-0.2, 0) is 4.74 Å². The Balaban J connectivity index is 1.51. The number of benzene rings is 3. The van der Waals surface area contributed by atoms with Crippen molar-refractivity contribution in [3.8, 4) is 22.3 Å². The second-order valence-corrected chi connectivity index (χ2v) is 8.88. The number of aryl methyl sites for hydroxylation is 1. The lowest BCUT2D eigenvalue weighted by molar-refractivity contribution is -0.0210. The molecule has 1 fully saturated rings. The van der Waals surface area contributed by atoms with Crippen LogP contribution in [0.4, 0.5) is 17.6 Å². The summed E-state index contributed by atoms with van der Waals surface area (Å²) in [5.74, 6) is -3.21. The van der Waals surface area contributed by atoms with E-state index in [1.54, 1.807) is 36.4 Å². The number of ether oxygens (including phenoxy) is 1. The van der Waals surface area contributed by atoms with Gasteiger partial charge in [-0.25, -0.2) is 17.6 Å². The minimum atomic E-state index is -0.934. The maximum Gasteiger partial charge on any atom is 0.167 e. The van der Waals surface area contributed by atoms with Crippen molar-refractivity contribution >= 4 is 0 Å². The fourth-order valence-corrected chi connectivity index (χ4v) is 4.51. The molecule has 0 amide bonds. The molecule has 0 N–H and O–H groups in total. The highest BCUT2D eigenvalue weighted by molar-refractivity contribution is 5.71. The molecule has 1 heterocycles. The van der Waals surface area contributed by atoms with E-state index in [4.69, 9.17) is 4.74 Å². The largest absolute Gasteiger partial charge is 0.373 e. The molecule has 0 aliphatic carbocycles. The van der Waals surface area contributed by atoms with Crippen molar-refractivity contribution < 1.29 is 22.3 Å². The molecule has 3 aromatic rings. The Labute approximate surface area is 198 Å². The average Bonchev–Trinajstić information content (AvgIpc) is 2.85. The van der Waals surface area contributed by atoms with Crippen LogP contribution < -0.4 is 0 Å². The lowest BCUT2D eigenvalue weighted by Gasteiger charge is -2.29. The molecule has 2 atom stereocenters. The van der Waals surface area contributed by atoms with Gasteiger partial charge in [0.25, 0.3) is 0 Å². The molecule has 0 radical (unpaired) electrons. The third-order valence-corrected chi connectivity index (χ3v) is 6.59. The van der Waals surface area contributed by atoms with Crippen molar-refractivity contribution in [2.45, 2.75) is 45.6 Å². The Kier molecular flexibility index (Phi) is 7.52. The van der Waals surface area contributed by atoms with E-state index in [9.17, 15) is 8.78 Å². The molecule has 3 aromatic carbocycles. The van der Waals surface area contributed by atoms with Gasteiger partial charge in [0.1, 0.15) is 0 Å². The van der Waals surface area contributed by atoms with Crippen molar-refractivity contribution in [3.05, 3.63) is 95.1 Å². The normalized spacial score (nSPS) is 18.5. The maximum absolute atomic E-state index is 15.0. The lowest BCUT2D eigenvalue weighted by atomic mass is 9.90. The molecule has 1 aliphatic heterocycles. The summed E-state index contributed by atoms with van der Waals surface area (Å²) in [4.78, 5) is 0. The van der Waals surface area contributed by atoms with Gasteiger partial charge < -0.3 is 4.74 Å². The number of rotatable bonds is 6. The van der Waals surface area contributed by atoms with Crippen LogP contribution in [0.15, 0.2) is 60.7 Å². The van der Waals surface area contributed by atoms with Crippen molar-refractivity contribution in [2.75, 3.05) is 6.61 Å². The van der Waals surface area contributed by atoms with Crippen LogP contribution in [0.3, 0.4) is 0 Å². The Bertz CT molecular complexity index is 1180. The van der Waals surface area contributed by atoms with E-state index in [1.807, 2.05) is 13.0 Å². The molecule has 178 valence electrons. The molecule has 0 aromatic heterocycles. The van der Waals surface area contributed by atoms with Gasteiger partial charge in [0, 0.05) is 16.7 Å². The molecule has 1 saturated heterocycles. The number of halogens is 4. The third-order valence-electron chi connectivity index (χ3n) is 6.59. The van der Waals surface area contributed by atoms with E-state index in [-0.39, 0.29) is 22.3 Å². The molecule has 34 heavy (non-hydrogen) atoms. The van der Waals surface area contributed by atoms with Gasteiger partial charge in [-0.15, -0.1) is 0 Å². The smallest absolute Gasteiger partial charge is 0.167 e. The van der Waals surface area contributed by atoms with Crippen molar-refractivity contribution in [1.29, 1.82) is 0 Å². The zero-order valence-electron chi connectivity index (χ0n) is 19.4. The summed E-state index contributed by atoms with van der Waals surface area (Å²) in [5.41, 5.74) is 1.60. The van der Waals surface area contributed by atoms with Gasteiger partial charge in [-0.2, -0.15) is 0 Å². The molecule has 1 aliphatic rings. The first-order valence-electron chi connectivity index (χ1n) is 11.7. The second kappa shape index (κ2) is 10.6. The van der Waals surface area contributed by atoms with Gasteiger partial charge in [-0.3, -0.25) is 0 Å². The summed E-state index contributed by atoms with van der Waals surface area (Å²) in [7, 11) is 0. The van der Waals surface area contributed by atoms with Crippen LogP contribution in [0.25, 0.3) is 22.3 Å². The first-order valence-corrected chi connectivity index (χ1v) is 11.7. The SMILES string of the molecule is C/C=C/CCC1CCC(c2ccc(-c3ccc(-c4ccc(C)c(F)c4F)cc3)c(F)c2F)OC1. The van der Waals surface area contributed by atoms with Gasteiger partial charge in [0.15, 0.2) is 23.3 Å². The average molecular weight is 469 g/mol. The highest BCUT2D eigenvalue weighted by Crippen LogP contribution is 2.37. The molecule has 0 bridgehead atoms. The molecule has 4 rings (SSSR count). The summed E-state index contributed by atoms with van der Waals surface area (Å²) in [6.45, 7) is 4.03. The Hall–Kier alpha value is -2.92. The Morgan fingerprint density at radius 2 is 1.41 bits per heavy atom. The molecule has 2 unspecified atom stereocenters. The van der Waals surface area contributed by atoms with Crippen LogP contribution in [0, 0.1) is 36.1 Å². The summed E-state index contributed by atoms with van der Waals surface area (Å²) < 4.78 is 64.1. The minimum Gasteiger partial charge on any atom is -0.373 e. The molecule has 1 nitrogen and oxygen atoms in total. The van der Waals surface area contributed by atoms with Crippen LogP contribution in [0.1, 0.15) is 49.8 Å². The van der Waals surface area contributed by atoms with Crippen molar-refractivity contribution in [1.82, 2.24) is 0 Å². The van der Waals surface area contributed by atoms with Gasteiger partial charge in [-0.1, -0.05) is 60.7 Å². The third kappa shape index (κ3) is 4.95. The monoisotopic (exact) mass is 468 g/mol. The van der Waals surface area contributed by atoms with Crippen LogP contribution >= 0.6 is 0 Å². The minimum absolute atomic E-state index is 0.114. The fraction of sp³-hybridized carbons (Fsp3) is 0.310. The van der Waals surface area contributed by atoms with Crippen molar-refractivity contribution in [2.24, 2.45) is 5.92 Å². The highest BCUT2D eigenvalue weighted by Gasteiger charge is 2.27. The van der Waals surface area contributed by atoms with Gasteiger partial charge in [-0.05, 0) is 62.1 Å². The van der Waals surface area contributed by atoms with Crippen LogP contribution in [0.2, 0.25) is 0 Å². The van der Waals surface area contributed by atoms with E-state index in [2.05, 4.69) is 6.08 Å². The van der Waals surface area contributed by atoms with E-state index in [1.165, 1.54) is 19.1 Å².